The van der Waals surface area contributed by atoms with Gasteiger partial charge in [-0.2, -0.15) is 5.26 Å². The Labute approximate surface area is 168 Å². The third-order valence-corrected chi connectivity index (χ3v) is 5.13. The molecule has 1 aromatic heterocycles. The van der Waals surface area contributed by atoms with Gasteiger partial charge in [0.1, 0.15) is 17.5 Å². The quantitative estimate of drug-likeness (QED) is 0.527. The number of rotatable bonds is 7. The number of nitrogens with two attached hydrogens (primary N) is 1. The van der Waals surface area contributed by atoms with Crippen molar-refractivity contribution in [3.63, 3.8) is 0 Å². The number of anilines is 1. The second-order valence-electron chi connectivity index (χ2n) is 6.33. The minimum Gasteiger partial charge on any atom is -0.382 e. The first-order valence-corrected chi connectivity index (χ1v) is 9.92. The summed E-state index contributed by atoms with van der Waals surface area (Å²) in [6, 6.07) is 10.2. The van der Waals surface area contributed by atoms with E-state index in [4.69, 9.17) is 15.7 Å². The molecule has 0 saturated carbocycles. The number of nitrogens with zero attached hydrogens (tertiary/aromatic N) is 4. The van der Waals surface area contributed by atoms with E-state index in [9.17, 15) is 4.79 Å². The SMILES string of the molecule is N#Cc1cnc(SCC(=O)NCc2ccc(CN3CCOCC3)cc2)nc1N. The Morgan fingerprint density at radius 3 is 2.68 bits per heavy atom. The molecule has 0 aliphatic carbocycles. The van der Waals surface area contributed by atoms with Crippen LogP contribution in [0.4, 0.5) is 5.82 Å². The van der Waals surface area contributed by atoms with Crippen LogP contribution >= 0.6 is 11.8 Å². The summed E-state index contributed by atoms with van der Waals surface area (Å²) in [5.41, 5.74) is 8.17. The number of benzene rings is 1. The van der Waals surface area contributed by atoms with Crippen LogP contribution in [0.2, 0.25) is 0 Å². The number of amides is 1. The number of carbonyl (C=O) groups excluding carboxylic acids is 1. The Bertz CT molecular complexity index is 846. The van der Waals surface area contributed by atoms with Gasteiger partial charge in [-0.3, -0.25) is 9.69 Å². The Morgan fingerprint density at radius 1 is 1.29 bits per heavy atom. The Kier molecular flexibility index (Phi) is 7.19. The highest BCUT2D eigenvalue weighted by Gasteiger charge is 2.11. The van der Waals surface area contributed by atoms with Crippen LogP contribution in [0.25, 0.3) is 0 Å². The van der Waals surface area contributed by atoms with Gasteiger partial charge in [-0.25, -0.2) is 9.97 Å². The monoisotopic (exact) mass is 398 g/mol. The number of ether oxygens (including phenoxy) is 1. The number of nitrogen functional groups attached to an aromatic ring is 1. The van der Waals surface area contributed by atoms with Gasteiger partial charge >= 0.3 is 0 Å². The van der Waals surface area contributed by atoms with Crippen molar-refractivity contribution in [2.75, 3.05) is 37.8 Å². The molecule has 28 heavy (non-hydrogen) atoms. The summed E-state index contributed by atoms with van der Waals surface area (Å²) >= 11 is 1.18. The van der Waals surface area contributed by atoms with Crippen LogP contribution in [0, 0.1) is 11.3 Å². The van der Waals surface area contributed by atoms with Crippen LogP contribution in [0.1, 0.15) is 16.7 Å². The third-order valence-electron chi connectivity index (χ3n) is 4.27. The average Bonchev–Trinajstić information content (AvgIpc) is 2.72. The van der Waals surface area contributed by atoms with E-state index in [1.807, 2.05) is 18.2 Å². The first kappa shape index (κ1) is 20.1. The molecule has 1 aliphatic rings. The zero-order valence-corrected chi connectivity index (χ0v) is 16.2. The van der Waals surface area contributed by atoms with E-state index in [-0.39, 0.29) is 23.0 Å². The van der Waals surface area contributed by atoms with Crippen molar-refractivity contribution in [3.05, 3.63) is 47.2 Å². The molecule has 1 fully saturated rings. The summed E-state index contributed by atoms with van der Waals surface area (Å²) in [4.78, 5) is 22.4. The molecule has 1 aromatic carbocycles. The van der Waals surface area contributed by atoms with Crippen molar-refractivity contribution in [2.45, 2.75) is 18.2 Å². The van der Waals surface area contributed by atoms with Gasteiger partial charge in [-0.05, 0) is 11.1 Å². The van der Waals surface area contributed by atoms with E-state index in [1.54, 1.807) is 0 Å². The van der Waals surface area contributed by atoms with Gasteiger partial charge < -0.3 is 15.8 Å². The van der Waals surface area contributed by atoms with Crippen LogP contribution in [0.3, 0.4) is 0 Å². The van der Waals surface area contributed by atoms with Gasteiger partial charge in [0.05, 0.1) is 25.2 Å². The van der Waals surface area contributed by atoms with E-state index in [1.165, 1.54) is 23.5 Å². The molecule has 1 aliphatic heterocycles. The molecule has 8 nitrogen and oxygen atoms in total. The highest BCUT2D eigenvalue weighted by Crippen LogP contribution is 2.15. The van der Waals surface area contributed by atoms with E-state index in [0.29, 0.717) is 11.7 Å². The summed E-state index contributed by atoms with van der Waals surface area (Å²) in [6.45, 7) is 4.90. The molecule has 2 aromatic rings. The Morgan fingerprint density at radius 2 is 2.00 bits per heavy atom. The second kappa shape index (κ2) is 10.0. The third kappa shape index (κ3) is 5.92. The smallest absolute Gasteiger partial charge is 0.230 e. The number of aromatic nitrogens is 2. The van der Waals surface area contributed by atoms with E-state index in [0.717, 1.165) is 38.4 Å². The number of hydrogen-bond acceptors (Lipinski definition) is 8. The topological polar surface area (TPSA) is 117 Å². The summed E-state index contributed by atoms with van der Waals surface area (Å²) in [7, 11) is 0. The zero-order chi connectivity index (χ0) is 19.8. The fourth-order valence-electron chi connectivity index (χ4n) is 2.70. The van der Waals surface area contributed by atoms with Crippen molar-refractivity contribution in [2.24, 2.45) is 0 Å². The van der Waals surface area contributed by atoms with Gasteiger partial charge in [0.15, 0.2) is 5.16 Å². The highest BCUT2D eigenvalue weighted by molar-refractivity contribution is 7.99. The lowest BCUT2D eigenvalue weighted by atomic mass is 10.1. The summed E-state index contributed by atoms with van der Waals surface area (Å²) in [5, 5.41) is 12.1. The second-order valence-corrected chi connectivity index (χ2v) is 7.28. The maximum absolute atomic E-state index is 12.0. The summed E-state index contributed by atoms with van der Waals surface area (Å²) in [5.74, 6) is 0.187. The standard InChI is InChI=1S/C19H22N6O2S/c20-9-16-11-23-19(24-18(16)21)28-13-17(26)22-10-14-1-3-15(4-2-14)12-25-5-7-27-8-6-25/h1-4,11H,5-8,10,12-13H2,(H,22,26)(H2,21,23,24). The molecule has 0 spiro atoms. The van der Waals surface area contributed by atoms with Gasteiger partial charge in [0.2, 0.25) is 5.91 Å². The lowest BCUT2D eigenvalue weighted by Gasteiger charge is -2.26. The lowest BCUT2D eigenvalue weighted by Crippen LogP contribution is -2.35. The predicted octanol–water partition coefficient (Wildman–Crippen LogP) is 1.17. The van der Waals surface area contributed by atoms with Gasteiger partial charge in [0, 0.05) is 26.2 Å². The molecular weight excluding hydrogens is 376 g/mol. The number of thioether (sulfide) groups is 1. The molecule has 9 heteroatoms. The summed E-state index contributed by atoms with van der Waals surface area (Å²) in [6.07, 6.45) is 1.36. The number of hydrogen-bond donors (Lipinski definition) is 2. The molecule has 146 valence electrons. The van der Waals surface area contributed by atoms with Crippen LogP contribution < -0.4 is 11.1 Å². The molecule has 0 radical (unpaired) electrons. The van der Waals surface area contributed by atoms with Crippen molar-refractivity contribution >= 4 is 23.5 Å². The molecule has 0 unspecified atom stereocenters. The van der Waals surface area contributed by atoms with Crippen LogP contribution in [0.5, 0.6) is 0 Å². The molecule has 0 atom stereocenters. The maximum Gasteiger partial charge on any atom is 0.230 e. The fraction of sp³-hybridized carbons (Fsp3) is 0.368. The normalized spacial score (nSPS) is 14.4. The number of morpholine rings is 1. The highest BCUT2D eigenvalue weighted by atomic mass is 32.2. The van der Waals surface area contributed by atoms with Gasteiger partial charge in [0.25, 0.3) is 0 Å². The first-order valence-electron chi connectivity index (χ1n) is 8.94. The zero-order valence-electron chi connectivity index (χ0n) is 15.4. The largest absolute Gasteiger partial charge is 0.382 e. The predicted molar refractivity (Wildman–Crippen MR) is 106 cm³/mol. The molecule has 0 bridgehead atoms. The van der Waals surface area contributed by atoms with Crippen molar-refractivity contribution in [1.29, 1.82) is 5.26 Å². The minimum absolute atomic E-state index is 0.117. The Balaban J connectivity index is 1.41. The van der Waals surface area contributed by atoms with Crippen molar-refractivity contribution < 1.29 is 9.53 Å². The lowest BCUT2D eigenvalue weighted by molar-refractivity contribution is -0.118. The van der Waals surface area contributed by atoms with Gasteiger partial charge in [-0.1, -0.05) is 36.0 Å². The summed E-state index contributed by atoms with van der Waals surface area (Å²) < 4.78 is 5.36. The molecule has 2 heterocycles. The van der Waals surface area contributed by atoms with E-state index in [2.05, 4.69) is 32.3 Å². The minimum atomic E-state index is -0.117. The first-order chi connectivity index (χ1) is 13.6. The van der Waals surface area contributed by atoms with E-state index >= 15 is 0 Å². The van der Waals surface area contributed by atoms with Gasteiger partial charge in [-0.15, -0.1) is 0 Å². The van der Waals surface area contributed by atoms with Crippen LogP contribution in [-0.2, 0) is 22.6 Å². The number of nitrogens with one attached hydrogen (secondary N) is 1. The average molecular weight is 398 g/mol. The molecular formula is C19H22N6O2S. The van der Waals surface area contributed by atoms with Crippen LogP contribution in [-0.4, -0.2) is 52.8 Å². The van der Waals surface area contributed by atoms with Crippen LogP contribution in [0.15, 0.2) is 35.6 Å². The Hall–Kier alpha value is -2.67. The number of nitriles is 1. The fourth-order valence-corrected chi connectivity index (χ4v) is 3.35. The molecule has 1 saturated heterocycles. The number of carbonyl (C=O) groups is 1. The molecule has 1 amide bonds. The van der Waals surface area contributed by atoms with Crippen molar-refractivity contribution in [1.82, 2.24) is 20.2 Å². The van der Waals surface area contributed by atoms with Crippen molar-refractivity contribution in [3.8, 4) is 6.07 Å². The van der Waals surface area contributed by atoms with E-state index < -0.39 is 0 Å². The maximum atomic E-state index is 12.0. The molecule has 3 rings (SSSR count). The molecule has 3 N–H and O–H groups in total.